The van der Waals surface area contributed by atoms with Gasteiger partial charge in [0.05, 0.1) is 0 Å². The molecule has 0 amide bonds. The Kier molecular flexibility index (Phi) is 3.25. The number of aldehydes is 1. The monoisotopic (exact) mass is 219 g/mol. The number of likely N-dealkylation sites (tertiary alicyclic amines) is 1. The van der Waals surface area contributed by atoms with Crippen LogP contribution in [0.3, 0.4) is 0 Å². The number of carbonyl (C=O) groups is 1. The molecule has 1 aliphatic heterocycles. The molecular formula is C13H17NO2. The second-order valence-electron chi connectivity index (χ2n) is 4.56. The highest BCUT2D eigenvalue weighted by molar-refractivity contribution is 5.63. The van der Waals surface area contributed by atoms with E-state index in [4.69, 9.17) is 0 Å². The molecule has 86 valence electrons. The van der Waals surface area contributed by atoms with Crippen LogP contribution in [0.5, 0.6) is 5.75 Å². The van der Waals surface area contributed by atoms with Crippen LogP contribution in [0.4, 0.5) is 0 Å². The van der Waals surface area contributed by atoms with E-state index in [9.17, 15) is 9.90 Å². The zero-order chi connectivity index (χ0) is 11.5. The largest absolute Gasteiger partial charge is 0.508 e. The van der Waals surface area contributed by atoms with E-state index in [-0.39, 0.29) is 11.7 Å². The maximum Gasteiger partial charge on any atom is 0.127 e. The Labute approximate surface area is 95.7 Å². The number of hydrogen-bond donors (Lipinski definition) is 1. The number of nitrogens with zero attached hydrogens (tertiary/aromatic N) is 1. The zero-order valence-corrected chi connectivity index (χ0v) is 9.47. The third-order valence-electron chi connectivity index (χ3n) is 3.36. The Morgan fingerprint density at radius 2 is 2.12 bits per heavy atom. The van der Waals surface area contributed by atoms with Gasteiger partial charge in [0, 0.05) is 12.5 Å². The summed E-state index contributed by atoms with van der Waals surface area (Å²) >= 11 is 0. The summed E-state index contributed by atoms with van der Waals surface area (Å²) in [4.78, 5) is 13.5. The maximum absolute atomic E-state index is 11.2. The molecule has 1 fully saturated rings. The Morgan fingerprint density at radius 3 is 2.62 bits per heavy atom. The molecule has 3 heteroatoms. The second kappa shape index (κ2) is 4.66. The Hall–Kier alpha value is -1.35. The van der Waals surface area contributed by atoms with Crippen LogP contribution < -0.4 is 0 Å². The molecule has 1 aromatic carbocycles. The first-order chi connectivity index (χ1) is 7.70. The fourth-order valence-corrected chi connectivity index (χ4v) is 2.42. The van der Waals surface area contributed by atoms with Crippen molar-refractivity contribution in [2.45, 2.75) is 12.3 Å². The van der Waals surface area contributed by atoms with Gasteiger partial charge in [-0.2, -0.15) is 0 Å². The minimum atomic E-state index is -0.0365. The smallest absolute Gasteiger partial charge is 0.127 e. The number of hydrogen-bond acceptors (Lipinski definition) is 3. The summed E-state index contributed by atoms with van der Waals surface area (Å²) < 4.78 is 0. The molecule has 1 aromatic rings. The number of aromatic hydroxyl groups is 1. The molecule has 0 saturated carbocycles. The molecule has 0 spiro atoms. The van der Waals surface area contributed by atoms with Gasteiger partial charge in [-0.25, -0.2) is 0 Å². The first-order valence-corrected chi connectivity index (χ1v) is 5.63. The quantitative estimate of drug-likeness (QED) is 0.785. The van der Waals surface area contributed by atoms with E-state index in [1.54, 1.807) is 12.1 Å². The van der Waals surface area contributed by atoms with Crippen LogP contribution in [0, 0.1) is 5.92 Å². The van der Waals surface area contributed by atoms with E-state index in [1.165, 1.54) is 0 Å². The molecular weight excluding hydrogens is 202 g/mol. The van der Waals surface area contributed by atoms with Crippen molar-refractivity contribution in [2.75, 3.05) is 20.1 Å². The molecule has 2 rings (SSSR count). The van der Waals surface area contributed by atoms with E-state index >= 15 is 0 Å². The highest BCUT2D eigenvalue weighted by atomic mass is 16.3. The second-order valence-corrected chi connectivity index (χ2v) is 4.56. The van der Waals surface area contributed by atoms with Gasteiger partial charge in [-0.15, -0.1) is 0 Å². The van der Waals surface area contributed by atoms with Crippen molar-refractivity contribution in [1.82, 2.24) is 4.90 Å². The number of benzene rings is 1. The van der Waals surface area contributed by atoms with Crippen LogP contribution in [0.2, 0.25) is 0 Å². The van der Waals surface area contributed by atoms with Gasteiger partial charge in [0.15, 0.2) is 0 Å². The third kappa shape index (κ3) is 2.25. The first kappa shape index (κ1) is 11.1. The Balaban J connectivity index is 2.16. The van der Waals surface area contributed by atoms with E-state index in [0.29, 0.717) is 5.92 Å². The SMILES string of the molecule is CN1CCC(C(C=O)c2ccc(O)cc2)C1. The van der Waals surface area contributed by atoms with Crippen LogP contribution in [-0.2, 0) is 4.79 Å². The fraction of sp³-hybridized carbons (Fsp3) is 0.462. The maximum atomic E-state index is 11.2. The lowest BCUT2D eigenvalue weighted by molar-refractivity contribution is -0.110. The van der Waals surface area contributed by atoms with Crippen molar-refractivity contribution in [3.63, 3.8) is 0 Å². The summed E-state index contributed by atoms with van der Waals surface area (Å²) in [6, 6.07) is 6.97. The number of phenolic OH excluding ortho intramolecular Hbond substituents is 1. The summed E-state index contributed by atoms with van der Waals surface area (Å²) in [6.45, 7) is 2.04. The van der Waals surface area contributed by atoms with Crippen molar-refractivity contribution < 1.29 is 9.90 Å². The molecule has 0 bridgehead atoms. The average Bonchev–Trinajstić information content (AvgIpc) is 2.69. The molecule has 16 heavy (non-hydrogen) atoms. The molecule has 0 aliphatic carbocycles. The van der Waals surface area contributed by atoms with Crippen LogP contribution in [-0.4, -0.2) is 36.4 Å². The van der Waals surface area contributed by atoms with E-state index in [1.807, 2.05) is 12.1 Å². The van der Waals surface area contributed by atoms with Gasteiger partial charge in [0.25, 0.3) is 0 Å². The van der Waals surface area contributed by atoms with E-state index in [0.717, 1.165) is 31.4 Å². The number of rotatable bonds is 3. The minimum Gasteiger partial charge on any atom is -0.508 e. The number of carbonyl (C=O) groups excluding carboxylic acids is 1. The topological polar surface area (TPSA) is 40.5 Å². The lowest BCUT2D eigenvalue weighted by Gasteiger charge is -2.18. The van der Waals surface area contributed by atoms with Gasteiger partial charge in [-0.05, 0) is 43.6 Å². The summed E-state index contributed by atoms with van der Waals surface area (Å²) in [5.41, 5.74) is 1.01. The molecule has 3 nitrogen and oxygen atoms in total. The molecule has 0 radical (unpaired) electrons. The van der Waals surface area contributed by atoms with E-state index in [2.05, 4.69) is 11.9 Å². The zero-order valence-electron chi connectivity index (χ0n) is 9.47. The molecule has 0 aromatic heterocycles. The highest BCUT2D eigenvalue weighted by Gasteiger charge is 2.28. The van der Waals surface area contributed by atoms with E-state index < -0.39 is 0 Å². The molecule has 1 saturated heterocycles. The van der Waals surface area contributed by atoms with Crippen molar-refractivity contribution in [2.24, 2.45) is 5.92 Å². The third-order valence-corrected chi connectivity index (χ3v) is 3.36. The van der Waals surface area contributed by atoms with Crippen molar-refractivity contribution in [3.05, 3.63) is 29.8 Å². The van der Waals surface area contributed by atoms with Gasteiger partial charge in [-0.1, -0.05) is 12.1 Å². The van der Waals surface area contributed by atoms with Gasteiger partial charge in [0.1, 0.15) is 12.0 Å². The Morgan fingerprint density at radius 1 is 1.44 bits per heavy atom. The first-order valence-electron chi connectivity index (χ1n) is 5.63. The predicted octanol–water partition coefficient (Wildman–Crippen LogP) is 1.63. The van der Waals surface area contributed by atoms with Crippen molar-refractivity contribution >= 4 is 6.29 Å². The standard InChI is InChI=1S/C13H17NO2/c1-14-7-6-11(8-14)13(9-15)10-2-4-12(16)5-3-10/h2-5,9,11,13,16H,6-8H2,1H3. The summed E-state index contributed by atoms with van der Waals surface area (Å²) in [6.07, 6.45) is 2.11. The Bertz CT molecular complexity index is 361. The molecule has 1 N–H and O–H groups in total. The van der Waals surface area contributed by atoms with Gasteiger partial charge in [0.2, 0.25) is 0 Å². The van der Waals surface area contributed by atoms with Crippen molar-refractivity contribution in [3.8, 4) is 5.75 Å². The normalized spacial score (nSPS) is 23.2. The van der Waals surface area contributed by atoms with Crippen LogP contribution in [0.15, 0.2) is 24.3 Å². The molecule has 1 heterocycles. The molecule has 2 unspecified atom stereocenters. The van der Waals surface area contributed by atoms with Crippen LogP contribution in [0.25, 0.3) is 0 Å². The highest BCUT2D eigenvalue weighted by Crippen LogP contribution is 2.30. The van der Waals surface area contributed by atoms with Gasteiger partial charge >= 0.3 is 0 Å². The van der Waals surface area contributed by atoms with Crippen molar-refractivity contribution in [1.29, 1.82) is 0 Å². The predicted molar refractivity (Wildman–Crippen MR) is 62.5 cm³/mol. The van der Waals surface area contributed by atoms with Crippen LogP contribution in [0.1, 0.15) is 17.9 Å². The lowest BCUT2D eigenvalue weighted by Crippen LogP contribution is -2.19. The molecule has 2 atom stereocenters. The molecule has 1 aliphatic rings. The lowest BCUT2D eigenvalue weighted by atomic mass is 9.86. The van der Waals surface area contributed by atoms with Gasteiger partial charge in [-0.3, -0.25) is 0 Å². The number of phenols is 1. The van der Waals surface area contributed by atoms with Crippen LogP contribution >= 0.6 is 0 Å². The average molecular weight is 219 g/mol. The van der Waals surface area contributed by atoms with Gasteiger partial charge < -0.3 is 14.8 Å². The summed E-state index contributed by atoms with van der Waals surface area (Å²) in [7, 11) is 2.08. The summed E-state index contributed by atoms with van der Waals surface area (Å²) in [5, 5.41) is 9.22. The summed E-state index contributed by atoms with van der Waals surface area (Å²) in [5.74, 6) is 0.620. The fourth-order valence-electron chi connectivity index (χ4n) is 2.42. The minimum absolute atomic E-state index is 0.0365.